The number of ether oxygens (including phenoxy) is 1. The van der Waals surface area contributed by atoms with E-state index in [0.29, 0.717) is 12.8 Å². The molecule has 0 bridgehead atoms. The van der Waals surface area contributed by atoms with Crippen LogP contribution in [0.5, 0.6) is 0 Å². The highest BCUT2D eigenvalue weighted by Gasteiger charge is 2.42. The summed E-state index contributed by atoms with van der Waals surface area (Å²) in [6.07, 6.45) is 5.14. The Labute approximate surface area is 109 Å². The maximum Gasteiger partial charge on any atom is 0.309 e. The molecule has 0 aromatic rings. The van der Waals surface area contributed by atoms with Gasteiger partial charge in [0.25, 0.3) is 0 Å². The summed E-state index contributed by atoms with van der Waals surface area (Å²) in [5, 5.41) is 0. The Morgan fingerprint density at radius 2 is 2.00 bits per heavy atom. The van der Waals surface area contributed by atoms with Crippen LogP contribution in [-0.2, 0) is 14.3 Å². The van der Waals surface area contributed by atoms with Gasteiger partial charge in [0.05, 0.1) is 5.92 Å². The molecular weight excluding hydrogens is 228 g/mol. The van der Waals surface area contributed by atoms with Gasteiger partial charge in [0, 0.05) is 18.3 Å². The normalized spacial score (nSPS) is 40.7. The first-order chi connectivity index (χ1) is 8.49. The van der Waals surface area contributed by atoms with Gasteiger partial charge >= 0.3 is 5.97 Å². The minimum absolute atomic E-state index is 0.0160. The number of fused-ring (bicyclic) bond motifs is 1. The molecule has 1 fully saturated rings. The molecule has 3 heteroatoms. The smallest absolute Gasteiger partial charge is 0.309 e. The predicted molar refractivity (Wildman–Crippen MR) is 68.9 cm³/mol. The number of hydrogen-bond donors (Lipinski definition) is 0. The highest BCUT2D eigenvalue weighted by atomic mass is 16.6. The molecule has 1 heterocycles. The monoisotopic (exact) mass is 250 g/mol. The van der Waals surface area contributed by atoms with Gasteiger partial charge in [0.1, 0.15) is 11.9 Å². The molecule has 3 nitrogen and oxygen atoms in total. The summed E-state index contributed by atoms with van der Waals surface area (Å²) in [7, 11) is 0. The Bertz CT molecular complexity index is 383. The van der Waals surface area contributed by atoms with Crippen molar-refractivity contribution in [1.82, 2.24) is 0 Å². The van der Waals surface area contributed by atoms with Crippen LogP contribution in [0.1, 0.15) is 46.5 Å². The van der Waals surface area contributed by atoms with E-state index in [4.69, 9.17) is 4.74 Å². The lowest BCUT2D eigenvalue weighted by Gasteiger charge is -2.23. The molecule has 0 radical (unpaired) electrons. The van der Waals surface area contributed by atoms with E-state index in [1.807, 2.05) is 19.9 Å². The van der Waals surface area contributed by atoms with Crippen molar-refractivity contribution >= 4 is 11.8 Å². The molecule has 0 saturated carbocycles. The molecule has 0 amide bonds. The van der Waals surface area contributed by atoms with Crippen molar-refractivity contribution in [3.63, 3.8) is 0 Å². The topological polar surface area (TPSA) is 43.4 Å². The lowest BCUT2D eigenvalue weighted by atomic mass is 9.81. The zero-order valence-electron chi connectivity index (χ0n) is 11.4. The van der Waals surface area contributed by atoms with Gasteiger partial charge in [0.15, 0.2) is 0 Å². The van der Waals surface area contributed by atoms with Crippen LogP contribution >= 0.6 is 0 Å². The summed E-state index contributed by atoms with van der Waals surface area (Å²) in [5.41, 5.74) is 1.25. The second-order valence-electron chi connectivity index (χ2n) is 5.82. The first-order valence-corrected chi connectivity index (χ1v) is 6.88. The van der Waals surface area contributed by atoms with Crippen LogP contribution in [0.15, 0.2) is 11.6 Å². The summed E-state index contributed by atoms with van der Waals surface area (Å²) in [5.74, 6) is 0.396. The van der Waals surface area contributed by atoms with E-state index in [9.17, 15) is 9.59 Å². The van der Waals surface area contributed by atoms with Crippen LogP contribution in [-0.4, -0.2) is 17.9 Å². The van der Waals surface area contributed by atoms with Gasteiger partial charge in [-0.25, -0.2) is 0 Å². The van der Waals surface area contributed by atoms with E-state index in [2.05, 4.69) is 6.92 Å². The Kier molecular flexibility index (Phi) is 3.88. The van der Waals surface area contributed by atoms with Gasteiger partial charge in [-0.2, -0.15) is 0 Å². The maximum atomic E-state index is 11.9. The highest BCUT2D eigenvalue weighted by molar-refractivity contribution is 5.82. The SMILES string of the molecule is C/C1=C/CC(=O)[C@H](C)C[C@H]2OC(=O)[C@H](C)[C@H]2CC1. The average Bonchev–Trinajstić information content (AvgIpc) is 2.59. The van der Waals surface area contributed by atoms with Crippen molar-refractivity contribution in [2.75, 3.05) is 0 Å². The summed E-state index contributed by atoms with van der Waals surface area (Å²) in [6, 6.07) is 0. The van der Waals surface area contributed by atoms with Crippen molar-refractivity contribution < 1.29 is 14.3 Å². The molecule has 0 spiro atoms. The lowest BCUT2D eigenvalue weighted by molar-refractivity contribution is -0.145. The minimum atomic E-state index is -0.0921. The molecular formula is C15H22O3. The van der Waals surface area contributed by atoms with Gasteiger partial charge in [-0.05, 0) is 26.2 Å². The lowest BCUT2D eigenvalue weighted by Crippen LogP contribution is -2.25. The van der Waals surface area contributed by atoms with Crippen LogP contribution in [0.4, 0.5) is 0 Å². The van der Waals surface area contributed by atoms with Crippen molar-refractivity contribution in [3.8, 4) is 0 Å². The third-order valence-electron chi connectivity index (χ3n) is 4.42. The molecule has 0 unspecified atom stereocenters. The van der Waals surface area contributed by atoms with E-state index in [-0.39, 0.29) is 35.6 Å². The number of esters is 1. The largest absolute Gasteiger partial charge is 0.462 e. The molecule has 1 saturated heterocycles. The number of Topliss-reactive ketones (excluding diaryl/α,β-unsaturated/α-hetero) is 1. The summed E-state index contributed by atoms with van der Waals surface area (Å²) >= 11 is 0. The van der Waals surface area contributed by atoms with Gasteiger partial charge in [-0.3, -0.25) is 9.59 Å². The van der Waals surface area contributed by atoms with Gasteiger partial charge in [-0.1, -0.05) is 25.5 Å². The quantitative estimate of drug-likeness (QED) is 0.490. The van der Waals surface area contributed by atoms with E-state index < -0.39 is 0 Å². The third kappa shape index (κ3) is 2.65. The molecule has 2 aliphatic rings. The summed E-state index contributed by atoms with van der Waals surface area (Å²) < 4.78 is 5.45. The van der Waals surface area contributed by atoms with Crippen molar-refractivity contribution in [2.45, 2.75) is 52.6 Å². The first kappa shape index (κ1) is 13.3. The standard InChI is InChI=1S/C15H22O3/c1-9-4-6-12-11(3)15(17)18-14(12)8-10(2)13(16)7-5-9/h5,10-12,14H,4,6-8H2,1-3H3/b9-5-/t10-,11-,12-,14-/m1/s1. The molecule has 2 rings (SSSR count). The second kappa shape index (κ2) is 5.25. The number of rotatable bonds is 0. The van der Waals surface area contributed by atoms with Crippen LogP contribution in [0, 0.1) is 17.8 Å². The maximum absolute atomic E-state index is 11.9. The van der Waals surface area contributed by atoms with E-state index in [0.717, 1.165) is 12.8 Å². The number of carbonyl (C=O) groups is 2. The van der Waals surface area contributed by atoms with Crippen LogP contribution < -0.4 is 0 Å². The molecule has 0 aromatic heterocycles. The van der Waals surface area contributed by atoms with Crippen molar-refractivity contribution in [1.29, 1.82) is 0 Å². The Morgan fingerprint density at radius 3 is 2.72 bits per heavy atom. The van der Waals surface area contributed by atoms with Crippen molar-refractivity contribution in [2.24, 2.45) is 17.8 Å². The molecule has 1 aliphatic heterocycles. The highest BCUT2D eigenvalue weighted by Crippen LogP contribution is 2.36. The van der Waals surface area contributed by atoms with Gasteiger partial charge in [-0.15, -0.1) is 0 Å². The molecule has 18 heavy (non-hydrogen) atoms. The fraction of sp³-hybridized carbons (Fsp3) is 0.733. The summed E-state index contributed by atoms with van der Waals surface area (Å²) in [4.78, 5) is 23.6. The average molecular weight is 250 g/mol. The zero-order valence-corrected chi connectivity index (χ0v) is 11.4. The fourth-order valence-electron chi connectivity index (χ4n) is 2.95. The minimum Gasteiger partial charge on any atom is -0.462 e. The van der Waals surface area contributed by atoms with Crippen LogP contribution in [0.3, 0.4) is 0 Å². The Hall–Kier alpha value is -1.12. The van der Waals surface area contributed by atoms with E-state index in [1.165, 1.54) is 5.57 Å². The molecule has 0 N–H and O–H groups in total. The number of allylic oxidation sites excluding steroid dienone is 2. The number of carbonyl (C=O) groups excluding carboxylic acids is 2. The predicted octanol–water partition coefficient (Wildman–Crippen LogP) is 2.89. The van der Waals surface area contributed by atoms with Gasteiger partial charge in [0.2, 0.25) is 0 Å². The van der Waals surface area contributed by atoms with E-state index >= 15 is 0 Å². The van der Waals surface area contributed by atoms with Crippen LogP contribution in [0.2, 0.25) is 0 Å². The number of ketones is 1. The van der Waals surface area contributed by atoms with Crippen molar-refractivity contribution in [3.05, 3.63) is 11.6 Å². The Morgan fingerprint density at radius 1 is 1.28 bits per heavy atom. The molecule has 100 valence electrons. The van der Waals surface area contributed by atoms with Crippen LogP contribution in [0.25, 0.3) is 0 Å². The summed E-state index contributed by atoms with van der Waals surface area (Å²) in [6.45, 7) is 5.96. The van der Waals surface area contributed by atoms with E-state index in [1.54, 1.807) is 0 Å². The fourth-order valence-corrected chi connectivity index (χ4v) is 2.95. The third-order valence-corrected chi connectivity index (χ3v) is 4.42. The van der Waals surface area contributed by atoms with Gasteiger partial charge < -0.3 is 4.74 Å². The number of hydrogen-bond acceptors (Lipinski definition) is 3. The second-order valence-corrected chi connectivity index (χ2v) is 5.82. The molecule has 1 aliphatic carbocycles. The first-order valence-electron chi connectivity index (χ1n) is 6.88. The zero-order chi connectivity index (χ0) is 13.3. The Balaban J connectivity index is 2.19. The molecule has 4 atom stereocenters. The molecule has 0 aromatic carbocycles.